The number of para-hydroxylation sites is 1. The van der Waals surface area contributed by atoms with Gasteiger partial charge in [-0.1, -0.05) is 48.9 Å². The summed E-state index contributed by atoms with van der Waals surface area (Å²) in [5, 5.41) is 5.18. The van der Waals surface area contributed by atoms with Gasteiger partial charge in [0, 0.05) is 10.9 Å². The summed E-state index contributed by atoms with van der Waals surface area (Å²) in [6.07, 6.45) is 0.814. The SMILES string of the molecule is CCOC(=O)c1c(-c2ccc(C)cc2C)csc1NC(=O)COc1ccccc1CC. The van der Waals surface area contributed by atoms with Gasteiger partial charge in [-0.3, -0.25) is 4.79 Å². The molecule has 0 saturated heterocycles. The van der Waals surface area contributed by atoms with Crippen LogP contribution in [0.1, 0.15) is 40.9 Å². The first-order chi connectivity index (χ1) is 14.9. The fraction of sp³-hybridized carbons (Fsp3) is 0.280. The molecule has 1 aromatic heterocycles. The van der Waals surface area contributed by atoms with Gasteiger partial charge < -0.3 is 14.8 Å². The first kappa shape index (κ1) is 22.6. The minimum Gasteiger partial charge on any atom is -0.483 e. The molecule has 3 aromatic rings. The van der Waals surface area contributed by atoms with E-state index in [1.807, 2.05) is 62.5 Å². The molecule has 2 aromatic carbocycles. The Balaban J connectivity index is 1.84. The third-order valence-corrected chi connectivity index (χ3v) is 5.80. The smallest absolute Gasteiger partial charge is 0.341 e. The topological polar surface area (TPSA) is 64.6 Å². The Morgan fingerprint density at radius 2 is 1.81 bits per heavy atom. The zero-order valence-corrected chi connectivity index (χ0v) is 19.1. The van der Waals surface area contributed by atoms with Crippen LogP contribution >= 0.6 is 11.3 Å². The summed E-state index contributed by atoms with van der Waals surface area (Å²) in [6.45, 7) is 7.94. The number of carbonyl (C=O) groups is 2. The molecule has 0 fully saturated rings. The highest BCUT2D eigenvalue weighted by molar-refractivity contribution is 7.15. The number of esters is 1. The highest BCUT2D eigenvalue weighted by Gasteiger charge is 2.23. The molecule has 0 aliphatic rings. The number of benzene rings is 2. The molecule has 0 atom stereocenters. The lowest BCUT2D eigenvalue weighted by atomic mass is 9.97. The van der Waals surface area contributed by atoms with E-state index < -0.39 is 5.97 Å². The van der Waals surface area contributed by atoms with Gasteiger partial charge in [0.25, 0.3) is 5.91 Å². The molecule has 1 heterocycles. The molecule has 0 radical (unpaired) electrons. The van der Waals surface area contributed by atoms with Gasteiger partial charge in [-0.2, -0.15) is 0 Å². The number of rotatable bonds is 8. The molecule has 0 saturated carbocycles. The second kappa shape index (κ2) is 10.3. The molecule has 0 unspecified atom stereocenters. The van der Waals surface area contributed by atoms with Gasteiger partial charge in [-0.05, 0) is 49.9 Å². The third-order valence-electron chi connectivity index (χ3n) is 4.91. The van der Waals surface area contributed by atoms with Gasteiger partial charge in [-0.25, -0.2) is 4.79 Å². The second-order valence-electron chi connectivity index (χ2n) is 7.19. The number of carbonyl (C=O) groups excluding carboxylic acids is 2. The minimum atomic E-state index is -0.453. The molecule has 162 valence electrons. The van der Waals surface area contributed by atoms with Gasteiger partial charge >= 0.3 is 5.97 Å². The van der Waals surface area contributed by atoms with Crippen molar-refractivity contribution in [1.82, 2.24) is 0 Å². The number of hydrogen-bond acceptors (Lipinski definition) is 5. The Bertz CT molecular complexity index is 1090. The zero-order valence-electron chi connectivity index (χ0n) is 18.3. The van der Waals surface area contributed by atoms with Gasteiger partial charge in [0.15, 0.2) is 6.61 Å². The maximum atomic E-state index is 12.7. The third kappa shape index (κ3) is 5.33. The summed E-state index contributed by atoms with van der Waals surface area (Å²) >= 11 is 1.31. The molecule has 31 heavy (non-hydrogen) atoms. The van der Waals surface area contributed by atoms with Crippen LogP contribution in [-0.2, 0) is 16.0 Å². The zero-order chi connectivity index (χ0) is 22.4. The Labute approximate surface area is 187 Å². The molecular weight excluding hydrogens is 410 g/mol. The molecule has 0 bridgehead atoms. The number of anilines is 1. The highest BCUT2D eigenvalue weighted by Crippen LogP contribution is 2.38. The van der Waals surface area contributed by atoms with Crippen molar-refractivity contribution in [3.8, 4) is 16.9 Å². The Kier molecular flexibility index (Phi) is 7.47. The number of nitrogens with one attached hydrogen (secondary N) is 1. The number of thiophene rings is 1. The summed E-state index contributed by atoms with van der Waals surface area (Å²) in [7, 11) is 0. The van der Waals surface area contributed by atoms with Crippen molar-refractivity contribution < 1.29 is 19.1 Å². The van der Waals surface area contributed by atoms with Crippen molar-refractivity contribution in [1.29, 1.82) is 0 Å². The van der Waals surface area contributed by atoms with Crippen LogP contribution in [0.15, 0.2) is 47.8 Å². The van der Waals surface area contributed by atoms with E-state index in [0.717, 1.165) is 34.2 Å². The fourth-order valence-electron chi connectivity index (χ4n) is 3.41. The van der Waals surface area contributed by atoms with Crippen LogP contribution < -0.4 is 10.1 Å². The molecule has 5 nitrogen and oxygen atoms in total. The van der Waals surface area contributed by atoms with Crippen LogP contribution in [0.2, 0.25) is 0 Å². The van der Waals surface area contributed by atoms with E-state index in [0.29, 0.717) is 16.3 Å². The molecule has 0 aliphatic heterocycles. The maximum Gasteiger partial charge on any atom is 0.341 e. The van der Waals surface area contributed by atoms with Crippen molar-refractivity contribution in [2.75, 3.05) is 18.5 Å². The van der Waals surface area contributed by atoms with E-state index in [4.69, 9.17) is 9.47 Å². The highest BCUT2D eigenvalue weighted by atomic mass is 32.1. The second-order valence-corrected chi connectivity index (χ2v) is 8.07. The minimum absolute atomic E-state index is 0.143. The Hall–Kier alpha value is -3.12. The number of aryl methyl sites for hydroxylation is 3. The molecule has 1 N–H and O–H groups in total. The lowest BCUT2D eigenvalue weighted by molar-refractivity contribution is -0.118. The van der Waals surface area contributed by atoms with Crippen LogP contribution in [0.25, 0.3) is 11.1 Å². The number of hydrogen-bond donors (Lipinski definition) is 1. The number of amides is 1. The van der Waals surface area contributed by atoms with Crippen LogP contribution in [-0.4, -0.2) is 25.1 Å². The normalized spacial score (nSPS) is 10.6. The summed E-state index contributed by atoms with van der Waals surface area (Å²) < 4.78 is 11.0. The molecule has 3 rings (SSSR count). The summed E-state index contributed by atoms with van der Waals surface area (Å²) in [5.74, 6) is -0.0929. The van der Waals surface area contributed by atoms with Crippen molar-refractivity contribution >= 4 is 28.2 Å². The van der Waals surface area contributed by atoms with E-state index in [-0.39, 0.29) is 19.1 Å². The first-order valence-electron chi connectivity index (χ1n) is 10.3. The van der Waals surface area contributed by atoms with Crippen LogP contribution in [0, 0.1) is 13.8 Å². The first-order valence-corrected chi connectivity index (χ1v) is 11.2. The van der Waals surface area contributed by atoms with E-state index >= 15 is 0 Å². The van der Waals surface area contributed by atoms with E-state index in [9.17, 15) is 9.59 Å². The van der Waals surface area contributed by atoms with E-state index in [2.05, 4.69) is 11.4 Å². The Morgan fingerprint density at radius 3 is 2.52 bits per heavy atom. The summed E-state index contributed by atoms with van der Waals surface area (Å²) in [4.78, 5) is 25.3. The maximum absolute atomic E-state index is 12.7. The van der Waals surface area contributed by atoms with Gasteiger partial charge in [0.2, 0.25) is 0 Å². The largest absolute Gasteiger partial charge is 0.483 e. The van der Waals surface area contributed by atoms with Gasteiger partial charge in [0.1, 0.15) is 16.3 Å². The standard InChI is InChI=1S/C25H27NO4S/c1-5-18-9-7-8-10-21(18)30-14-22(27)26-24-23(25(28)29-6-2)20(15-31-24)19-12-11-16(3)13-17(19)4/h7-13,15H,5-6,14H2,1-4H3,(H,26,27). The fourth-order valence-corrected chi connectivity index (χ4v) is 4.38. The lowest BCUT2D eigenvalue weighted by Crippen LogP contribution is -2.21. The van der Waals surface area contributed by atoms with Crippen molar-refractivity contribution in [2.45, 2.75) is 34.1 Å². The predicted molar refractivity (Wildman–Crippen MR) is 125 cm³/mol. The monoisotopic (exact) mass is 437 g/mol. The van der Waals surface area contributed by atoms with E-state index in [1.54, 1.807) is 6.92 Å². The summed E-state index contributed by atoms with van der Waals surface area (Å²) in [6, 6.07) is 13.7. The van der Waals surface area contributed by atoms with Gasteiger partial charge in [0.05, 0.1) is 6.61 Å². The van der Waals surface area contributed by atoms with Crippen LogP contribution in [0.5, 0.6) is 5.75 Å². The Morgan fingerprint density at radius 1 is 1.03 bits per heavy atom. The molecule has 0 spiro atoms. The van der Waals surface area contributed by atoms with Crippen molar-refractivity contribution in [3.63, 3.8) is 0 Å². The van der Waals surface area contributed by atoms with Crippen molar-refractivity contribution in [2.24, 2.45) is 0 Å². The summed E-state index contributed by atoms with van der Waals surface area (Å²) in [5.41, 5.74) is 5.32. The quantitative estimate of drug-likeness (QED) is 0.453. The predicted octanol–water partition coefficient (Wildman–Crippen LogP) is 5.79. The van der Waals surface area contributed by atoms with Crippen LogP contribution in [0.4, 0.5) is 5.00 Å². The molecule has 6 heteroatoms. The average molecular weight is 438 g/mol. The molecule has 0 aliphatic carbocycles. The number of ether oxygens (including phenoxy) is 2. The van der Waals surface area contributed by atoms with Crippen molar-refractivity contribution in [3.05, 3.63) is 70.1 Å². The average Bonchev–Trinajstić information content (AvgIpc) is 3.15. The van der Waals surface area contributed by atoms with Gasteiger partial charge in [-0.15, -0.1) is 11.3 Å². The molecular formula is C25H27NO4S. The molecule has 1 amide bonds. The van der Waals surface area contributed by atoms with E-state index in [1.165, 1.54) is 11.3 Å². The van der Waals surface area contributed by atoms with Crippen LogP contribution in [0.3, 0.4) is 0 Å². The lowest BCUT2D eigenvalue weighted by Gasteiger charge is -2.12.